The molecule has 0 bridgehead atoms. The number of nitrogens with zero attached hydrogens (tertiary/aromatic N) is 1. The number of piperazine rings is 1. The number of nitrogens with one attached hydrogen (secondary N) is 1. The summed E-state index contributed by atoms with van der Waals surface area (Å²) in [5.41, 5.74) is 2.67. The first-order chi connectivity index (χ1) is 30.2. The van der Waals surface area contributed by atoms with E-state index in [0.717, 1.165) is 94.1 Å². The van der Waals surface area contributed by atoms with E-state index >= 15 is 0 Å². The standard InChI is InChI=1S/C56H100N2O4/c1-7-8-9-10-11-12-13-14-15-16-17-18-19-20-21-22-38-60-45-50(44-58-36-34-57-35-37-58)62-42-40-59-39-41-61-49-30-32-55(5)48(43-49)26-27-51-53-29-28-52(47(4)25-23-24-46(2)3)56(53,6)33-31-54(51)55/h11-12,14-15,26,46-47,49-54,57H,7-10,13,16-25,27-45H2,1-6H3/b12-11-,15-14-/t47?,49-,50?,51?,52-,53-,54+,55-,56+/m0/s1. The summed E-state index contributed by atoms with van der Waals surface area (Å²) < 4.78 is 25.2. The molecule has 5 aliphatic rings. The minimum Gasteiger partial charge on any atom is -0.379 e. The van der Waals surface area contributed by atoms with Crippen LogP contribution in [0.1, 0.15) is 189 Å². The fourth-order valence-corrected chi connectivity index (χ4v) is 13.2. The van der Waals surface area contributed by atoms with E-state index in [1.54, 1.807) is 5.57 Å². The molecule has 1 heterocycles. The van der Waals surface area contributed by atoms with E-state index in [2.05, 4.69) is 82.1 Å². The largest absolute Gasteiger partial charge is 0.379 e. The first-order valence-electron chi connectivity index (χ1n) is 27.1. The van der Waals surface area contributed by atoms with Crippen molar-refractivity contribution in [2.75, 3.05) is 72.4 Å². The molecule has 6 nitrogen and oxygen atoms in total. The summed E-state index contributed by atoms with van der Waals surface area (Å²) in [5.74, 6) is 5.35. The number of allylic oxidation sites excluding steroid dienone is 5. The molecule has 9 atom stereocenters. The van der Waals surface area contributed by atoms with Crippen molar-refractivity contribution < 1.29 is 18.9 Å². The molecule has 0 radical (unpaired) electrons. The van der Waals surface area contributed by atoms with Gasteiger partial charge >= 0.3 is 0 Å². The van der Waals surface area contributed by atoms with E-state index in [4.69, 9.17) is 18.9 Å². The third kappa shape index (κ3) is 16.7. The SMILES string of the molecule is CCCCC/C=C\C/C=C\CCCCCCCCOCC(CN1CCNCC1)OCCOCCO[C@H]1CC[C@@]2(C)C(=CCC3[C@H]2CC[C@]2(C)[C@H](C(C)CCCC(C)C)CC[C@@H]32)C1. The predicted octanol–water partition coefficient (Wildman–Crippen LogP) is 13.6. The molecule has 1 saturated heterocycles. The van der Waals surface area contributed by atoms with Gasteiger partial charge in [-0.3, -0.25) is 4.90 Å². The minimum absolute atomic E-state index is 0.0913. The maximum absolute atomic E-state index is 6.52. The molecule has 5 rings (SSSR count). The van der Waals surface area contributed by atoms with E-state index in [-0.39, 0.29) is 6.10 Å². The van der Waals surface area contributed by atoms with Crippen LogP contribution in [0, 0.1) is 46.3 Å². The molecule has 4 aliphatic carbocycles. The highest BCUT2D eigenvalue weighted by Gasteiger charge is 2.59. The van der Waals surface area contributed by atoms with Gasteiger partial charge in [0.25, 0.3) is 0 Å². The van der Waals surface area contributed by atoms with Gasteiger partial charge in [-0.25, -0.2) is 0 Å². The third-order valence-corrected chi connectivity index (χ3v) is 16.9. The lowest BCUT2D eigenvalue weighted by Crippen LogP contribution is -2.51. The zero-order valence-electron chi connectivity index (χ0n) is 41.6. The molecule has 1 aliphatic heterocycles. The second-order valence-electron chi connectivity index (χ2n) is 21.8. The smallest absolute Gasteiger partial charge is 0.0936 e. The molecule has 3 saturated carbocycles. The number of rotatable bonds is 32. The second kappa shape index (κ2) is 28.9. The van der Waals surface area contributed by atoms with Gasteiger partial charge in [-0.15, -0.1) is 0 Å². The van der Waals surface area contributed by atoms with E-state index in [0.29, 0.717) is 50.0 Å². The number of unbranched alkanes of at least 4 members (excludes halogenated alkanes) is 9. The Hall–Kier alpha value is -1.02. The van der Waals surface area contributed by atoms with Crippen molar-refractivity contribution in [3.8, 4) is 0 Å². The maximum Gasteiger partial charge on any atom is 0.0936 e. The Balaban J connectivity index is 0.912. The molecule has 3 unspecified atom stereocenters. The summed E-state index contributed by atoms with van der Waals surface area (Å²) in [6.07, 6.45) is 42.8. The Morgan fingerprint density at radius 2 is 1.48 bits per heavy atom. The van der Waals surface area contributed by atoms with Crippen LogP contribution in [0.5, 0.6) is 0 Å². The second-order valence-corrected chi connectivity index (χ2v) is 21.8. The molecule has 4 fully saturated rings. The van der Waals surface area contributed by atoms with Gasteiger partial charge in [0, 0.05) is 39.3 Å². The zero-order valence-corrected chi connectivity index (χ0v) is 41.6. The molecule has 0 aromatic carbocycles. The molecule has 0 amide bonds. The molecule has 6 heteroatoms. The van der Waals surface area contributed by atoms with Crippen molar-refractivity contribution in [3.05, 3.63) is 36.0 Å². The van der Waals surface area contributed by atoms with E-state index in [1.807, 2.05) is 0 Å². The Kier molecular flexibility index (Phi) is 24.2. The van der Waals surface area contributed by atoms with Crippen molar-refractivity contribution in [1.29, 1.82) is 0 Å². The molecule has 0 aromatic rings. The Morgan fingerprint density at radius 1 is 0.742 bits per heavy atom. The number of ether oxygens (including phenoxy) is 4. The zero-order chi connectivity index (χ0) is 43.9. The Labute approximate surface area is 383 Å². The Morgan fingerprint density at radius 3 is 2.26 bits per heavy atom. The summed E-state index contributed by atoms with van der Waals surface area (Å²) in [5, 5.41) is 3.48. The highest BCUT2D eigenvalue weighted by molar-refractivity contribution is 5.25. The molecule has 0 spiro atoms. The van der Waals surface area contributed by atoms with Crippen molar-refractivity contribution >= 4 is 0 Å². The van der Waals surface area contributed by atoms with Crippen molar-refractivity contribution in [1.82, 2.24) is 10.2 Å². The van der Waals surface area contributed by atoms with Gasteiger partial charge in [0.1, 0.15) is 0 Å². The van der Waals surface area contributed by atoms with Crippen LogP contribution >= 0.6 is 0 Å². The summed E-state index contributed by atoms with van der Waals surface area (Å²) in [7, 11) is 0. The van der Waals surface area contributed by atoms with Gasteiger partial charge in [-0.05, 0) is 136 Å². The quantitative estimate of drug-likeness (QED) is 0.0537. The first kappa shape index (κ1) is 52.0. The van der Waals surface area contributed by atoms with Crippen LogP contribution in [0.15, 0.2) is 36.0 Å². The normalized spacial score (nSPS) is 30.2. The summed E-state index contributed by atoms with van der Waals surface area (Å²) in [4.78, 5) is 2.52. The topological polar surface area (TPSA) is 52.2 Å². The summed E-state index contributed by atoms with van der Waals surface area (Å²) in [6.45, 7) is 24.3. The lowest BCUT2D eigenvalue weighted by Gasteiger charge is -2.58. The molecule has 62 heavy (non-hydrogen) atoms. The van der Waals surface area contributed by atoms with Crippen LogP contribution < -0.4 is 5.32 Å². The van der Waals surface area contributed by atoms with Crippen LogP contribution in [0.2, 0.25) is 0 Å². The molecule has 1 N–H and O–H groups in total. The van der Waals surface area contributed by atoms with Crippen LogP contribution in [-0.2, 0) is 18.9 Å². The first-order valence-corrected chi connectivity index (χ1v) is 27.1. The third-order valence-electron chi connectivity index (χ3n) is 16.9. The van der Waals surface area contributed by atoms with E-state index in [9.17, 15) is 0 Å². The van der Waals surface area contributed by atoms with Crippen LogP contribution in [0.4, 0.5) is 0 Å². The van der Waals surface area contributed by atoms with Gasteiger partial charge in [-0.2, -0.15) is 0 Å². The monoisotopic (exact) mass is 865 g/mol. The summed E-state index contributed by atoms with van der Waals surface area (Å²) in [6, 6.07) is 0. The number of hydrogen-bond donors (Lipinski definition) is 1. The van der Waals surface area contributed by atoms with Crippen molar-refractivity contribution in [3.63, 3.8) is 0 Å². The highest BCUT2D eigenvalue weighted by Crippen LogP contribution is 2.67. The molecule has 358 valence electrons. The van der Waals surface area contributed by atoms with Gasteiger partial charge in [0.2, 0.25) is 0 Å². The average Bonchev–Trinajstić information content (AvgIpc) is 3.63. The predicted molar refractivity (Wildman–Crippen MR) is 263 cm³/mol. The summed E-state index contributed by atoms with van der Waals surface area (Å²) >= 11 is 0. The van der Waals surface area contributed by atoms with Gasteiger partial charge in [-0.1, -0.05) is 135 Å². The highest BCUT2D eigenvalue weighted by atomic mass is 16.6. The fraction of sp³-hybridized carbons (Fsp3) is 0.893. The van der Waals surface area contributed by atoms with Gasteiger partial charge < -0.3 is 24.3 Å². The van der Waals surface area contributed by atoms with Crippen LogP contribution in [0.25, 0.3) is 0 Å². The number of hydrogen-bond acceptors (Lipinski definition) is 6. The lowest BCUT2D eigenvalue weighted by atomic mass is 9.47. The van der Waals surface area contributed by atoms with Crippen LogP contribution in [-0.4, -0.2) is 89.5 Å². The molecular weight excluding hydrogens is 765 g/mol. The maximum atomic E-state index is 6.52. The fourth-order valence-electron chi connectivity index (χ4n) is 13.2. The molecular formula is C56H100N2O4. The van der Waals surface area contributed by atoms with Gasteiger partial charge in [0.15, 0.2) is 0 Å². The number of fused-ring (bicyclic) bond motifs is 5. The van der Waals surface area contributed by atoms with Crippen LogP contribution in [0.3, 0.4) is 0 Å². The average molecular weight is 865 g/mol. The van der Waals surface area contributed by atoms with Crippen molar-refractivity contribution in [2.45, 2.75) is 201 Å². The van der Waals surface area contributed by atoms with E-state index < -0.39 is 0 Å². The van der Waals surface area contributed by atoms with E-state index in [1.165, 1.54) is 128 Å². The lowest BCUT2D eigenvalue weighted by molar-refractivity contribution is -0.0736. The molecule has 0 aromatic heterocycles. The van der Waals surface area contributed by atoms with Gasteiger partial charge in [0.05, 0.1) is 45.2 Å². The van der Waals surface area contributed by atoms with Crippen molar-refractivity contribution in [2.24, 2.45) is 46.3 Å². The minimum atomic E-state index is 0.0913. The Bertz CT molecular complexity index is 1280.